The van der Waals surface area contributed by atoms with Crippen LogP contribution in [0.4, 0.5) is 4.79 Å². The highest BCUT2D eigenvalue weighted by Gasteiger charge is 2.35. The first-order chi connectivity index (χ1) is 4.66. The summed E-state index contributed by atoms with van der Waals surface area (Å²) in [6, 6.07) is 0. The number of alkyl carbamates (subject to hydrolysis) is 1. The number of nitrogens with one attached hydrogen (secondary N) is 2. The molecule has 58 valence electrons. The van der Waals surface area contributed by atoms with Crippen molar-refractivity contribution >= 4 is 6.09 Å². The zero-order valence-electron chi connectivity index (χ0n) is 6.23. The van der Waals surface area contributed by atoms with E-state index in [0.717, 1.165) is 13.1 Å². The quantitative estimate of drug-likeness (QED) is 0.531. The van der Waals surface area contributed by atoms with Gasteiger partial charge in [0.25, 0.3) is 0 Å². The Morgan fingerprint density at radius 2 is 2.30 bits per heavy atom. The fraction of sp³-hybridized carbons (Fsp3) is 0.833. The minimum absolute atomic E-state index is 0.278. The first-order valence-electron chi connectivity index (χ1n) is 3.28. The van der Waals surface area contributed by atoms with Crippen molar-refractivity contribution in [2.75, 3.05) is 20.1 Å². The van der Waals surface area contributed by atoms with E-state index in [0.29, 0.717) is 0 Å². The van der Waals surface area contributed by atoms with Gasteiger partial charge in [-0.05, 0) is 6.92 Å². The molecular weight excluding hydrogens is 132 g/mol. The van der Waals surface area contributed by atoms with Crippen molar-refractivity contribution in [3.63, 3.8) is 0 Å². The average Bonchev–Trinajstić information content (AvgIpc) is 1.84. The average molecular weight is 144 g/mol. The third kappa shape index (κ3) is 1.39. The summed E-state index contributed by atoms with van der Waals surface area (Å²) in [6.07, 6.45) is -0.357. The number of amides is 1. The van der Waals surface area contributed by atoms with E-state index in [1.54, 1.807) is 7.05 Å². The number of carbonyl (C=O) groups is 1. The second-order valence-electron chi connectivity index (χ2n) is 2.69. The molecule has 1 aliphatic rings. The molecule has 0 radical (unpaired) electrons. The van der Waals surface area contributed by atoms with E-state index >= 15 is 0 Å². The van der Waals surface area contributed by atoms with E-state index in [4.69, 9.17) is 4.74 Å². The lowest BCUT2D eigenvalue weighted by Crippen LogP contribution is -2.60. The molecule has 1 rings (SSSR count). The van der Waals surface area contributed by atoms with Crippen LogP contribution in [0.25, 0.3) is 0 Å². The Kier molecular flexibility index (Phi) is 1.80. The summed E-state index contributed by atoms with van der Waals surface area (Å²) < 4.78 is 5.01. The molecular formula is C6H12N2O2. The minimum atomic E-state index is -0.357. The molecule has 0 aromatic carbocycles. The zero-order chi connectivity index (χ0) is 7.61. The first-order valence-corrected chi connectivity index (χ1v) is 3.28. The summed E-state index contributed by atoms with van der Waals surface area (Å²) in [4.78, 5) is 10.7. The molecule has 1 heterocycles. The third-order valence-electron chi connectivity index (χ3n) is 1.54. The summed E-state index contributed by atoms with van der Waals surface area (Å²) >= 11 is 0. The van der Waals surface area contributed by atoms with Gasteiger partial charge in [-0.25, -0.2) is 4.79 Å². The lowest BCUT2D eigenvalue weighted by Gasteiger charge is -2.37. The van der Waals surface area contributed by atoms with Gasteiger partial charge < -0.3 is 15.4 Å². The summed E-state index contributed by atoms with van der Waals surface area (Å²) in [7, 11) is 1.55. The highest BCUT2D eigenvalue weighted by molar-refractivity contribution is 5.67. The van der Waals surface area contributed by atoms with Gasteiger partial charge in [-0.3, -0.25) is 0 Å². The van der Waals surface area contributed by atoms with Crippen molar-refractivity contribution < 1.29 is 9.53 Å². The lowest BCUT2D eigenvalue weighted by molar-refractivity contribution is -0.0120. The molecule has 0 unspecified atom stereocenters. The van der Waals surface area contributed by atoms with Crippen molar-refractivity contribution in [3.8, 4) is 0 Å². The zero-order valence-corrected chi connectivity index (χ0v) is 6.23. The Hall–Kier alpha value is -0.770. The SMILES string of the molecule is CNC(=O)OC1(C)CNC1. The maximum absolute atomic E-state index is 10.7. The number of hydrogen-bond donors (Lipinski definition) is 2. The molecule has 0 saturated carbocycles. The van der Waals surface area contributed by atoms with Crippen LogP contribution in [0.5, 0.6) is 0 Å². The van der Waals surface area contributed by atoms with Crippen LogP contribution in [0, 0.1) is 0 Å². The number of carbonyl (C=O) groups excluding carboxylic acids is 1. The van der Waals surface area contributed by atoms with Crippen LogP contribution in [-0.2, 0) is 4.74 Å². The van der Waals surface area contributed by atoms with E-state index in [1.807, 2.05) is 6.92 Å². The Morgan fingerprint density at radius 1 is 1.70 bits per heavy atom. The summed E-state index contributed by atoms with van der Waals surface area (Å²) in [5.74, 6) is 0. The second-order valence-corrected chi connectivity index (χ2v) is 2.69. The van der Waals surface area contributed by atoms with Gasteiger partial charge in [0.05, 0.1) is 0 Å². The van der Waals surface area contributed by atoms with Crippen LogP contribution in [0.1, 0.15) is 6.92 Å². The largest absolute Gasteiger partial charge is 0.441 e. The summed E-state index contributed by atoms with van der Waals surface area (Å²) in [5.41, 5.74) is -0.278. The highest BCUT2D eigenvalue weighted by atomic mass is 16.6. The number of hydrogen-bond acceptors (Lipinski definition) is 3. The van der Waals surface area contributed by atoms with Gasteiger partial charge in [0.1, 0.15) is 5.60 Å². The Bertz CT molecular complexity index is 143. The predicted molar refractivity (Wildman–Crippen MR) is 36.8 cm³/mol. The minimum Gasteiger partial charge on any atom is -0.441 e. The first kappa shape index (κ1) is 7.34. The molecule has 4 nitrogen and oxygen atoms in total. The molecule has 4 heteroatoms. The van der Waals surface area contributed by atoms with Gasteiger partial charge in [0.2, 0.25) is 0 Å². The van der Waals surface area contributed by atoms with Crippen molar-refractivity contribution in [2.24, 2.45) is 0 Å². The molecule has 10 heavy (non-hydrogen) atoms. The smallest absolute Gasteiger partial charge is 0.407 e. The number of rotatable bonds is 1. The van der Waals surface area contributed by atoms with Gasteiger partial charge in [-0.1, -0.05) is 0 Å². The van der Waals surface area contributed by atoms with Crippen LogP contribution >= 0.6 is 0 Å². The predicted octanol–water partition coefficient (Wildman–Crippen LogP) is -0.296. The van der Waals surface area contributed by atoms with Crippen LogP contribution in [0.3, 0.4) is 0 Å². The molecule has 0 bridgehead atoms. The molecule has 1 amide bonds. The third-order valence-corrected chi connectivity index (χ3v) is 1.54. The maximum Gasteiger partial charge on any atom is 0.407 e. The monoisotopic (exact) mass is 144 g/mol. The normalized spacial score (nSPS) is 21.0. The maximum atomic E-state index is 10.7. The van der Waals surface area contributed by atoms with E-state index < -0.39 is 0 Å². The lowest BCUT2D eigenvalue weighted by atomic mass is 10.0. The molecule has 2 N–H and O–H groups in total. The molecule has 0 aromatic heterocycles. The van der Waals surface area contributed by atoms with E-state index in [9.17, 15) is 4.79 Å². The Labute approximate surface area is 59.9 Å². The molecule has 0 aliphatic carbocycles. The standard InChI is InChI=1S/C6H12N2O2/c1-6(3-8-4-6)10-5(9)7-2/h8H,3-4H2,1-2H3,(H,7,9). The van der Waals surface area contributed by atoms with E-state index in [2.05, 4.69) is 10.6 Å². The van der Waals surface area contributed by atoms with Gasteiger partial charge in [0.15, 0.2) is 0 Å². The van der Waals surface area contributed by atoms with E-state index in [-0.39, 0.29) is 11.7 Å². The summed E-state index contributed by atoms with van der Waals surface area (Å²) in [6.45, 7) is 3.40. The van der Waals surface area contributed by atoms with Crippen LogP contribution in [0.15, 0.2) is 0 Å². The number of ether oxygens (including phenoxy) is 1. The van der Waals surface area contributed by atoms with Gasteiger partial charge in [0, 0.05) is 20.1 Å². The van der Waals surface area contributed by atoms with Gasteiger partial charge in [-0.2, -0.15) is 0 Å². The topological polar surface area (TPSA) is 50.4 Å². The molecule has 1 aliphatic heterocycles. The van der Waals surface area contributed by atoms with Crippen LogP contribution in [0.2, 0.25) is 0 Å². The van der Waals surface area contributed by atoms with E-state index in [1.165, 1.54) is 0 Å². The van der Waals surface area contributed by atoms with Gasteiger partial charge in [-0.15, -0.1) is 0 Å². The molecule has 1 fully saturated rings. The molecule has 0 spiro atoms. The van der Waals surface area contributed by atoms with Crippen molar-refractivity contribution in [2.45, 2.75) is 12.5 Å². The Morgan fingerprint density at radius 3 is 2.60 bits per heavy atom. The summed E-state index contributed by atoms with van der Waals surface area (Å²) in [5, 5.41) is 5.43. The highest BCUT2D eigenvalue weighted by Crippen LogP contribution is 2.14. The molecule has 0 aromatic rings. The second kappa shape index (κ2) is 2.46. The fourth-order valence-corrected chi connectivity index (χ4v) is 0.824. The van der Waals surface area contributed by atoms with Crippen molar-refractivity contribution in [1.82, 2.24) is 10.6 Å². The Balaban J connectivity index is 2.29. The van der Waals surface area contributed by atoms with Gasteiger partial charge >= 0.3 is 6.09 Å². The van der Waals surface area contributed by atoms with Crippen LogP contribution in [-0.4, -0.2) is 31.8 Å². The van der Waals surface area contributed by atoms with Crippen LogP contribution < -0.4 is 10.6 Å². The van der Waals surface area contributed by atoms with Crippen molar-refractivity contribution in [3.05, 3.63) is 0 Å². The fourth-order valence-electron chi connectivity index (χ4n) is 0.824. The molecule has 1 saturated heterocycles. The molecule has 0 atom stereocenters. The van der Waals surface area contributed by atoms with Crippen molar-refractivity contribution in [1.29, 1.82) is 0 Å².